The van der Waals surface area contributed by atoms with Gasteiger partial charge in [-0.15, -0.1) is 11.3 Å². The highest BCUT2D eigenvalue weighted by Crippen LogP contribution is 2.59. The fourth-order valence-electron chi connectivity index (χ4n) is 10.4. The molecular formula is C55H38S. The van der Waals surface area contributed by atoms with Crippen molar-refractivity contribution >= 4 is 80.2 Å². The molecule has 0 bridgehead atoms. The van der Waals surface area contributed by atoms with E-state index in [4.69, 9.17) is 0 Å². The monoisotopic (exact) mass is 730 g/mol. The summed E-state index contributed by atoms with van der Waals surface area (Å²) < 4.78 is 2.82. The van der Waals surface area contributed by atoms with Crippen LogP contribution in [0.1, 0.15) is 42.9 Å². The standard InChI is InChI=1S/C55H38S/c1-55(2)47-29-28-36(32-46(47)51-43-22-9-10-23-44(43)52-45-24-11-12-25-48(45)56-54(52)53(51)55)35-16-13-17-37(31-35)49-39-18-5-7-20-41(39)50(42-21-8-6-19-40(42)49)38-27-26-33-14-3-4-15-34(33)30-38/h3-27,29-32,36H,28H2,1-2H3. The molecule has 0 N–H and O–H groups in total. The van der Waals surface area contributed by atoms with Crippen molar-refractivity contribution in [2.75, 3.05) is 0 Å². The molecule has 1 unspecified atom stereocenters. The van der Waals surface area contributed by atoms with Gasteiger partial charge in [0.1, 0.15) is 0 Å². The van der Waals surface area contributed by atoms with E-state index in [1.807, 2.05) is 11.3 Å². The van der Waals surface area contributed by atoms with E-state index in [1.54, 1.807) is 0 Å². The van der Waals surface area contributed by atoms with Gasteiger partial charge in [0.05, 0.1) is 0 Å². The van der Waals surface area contributed by atoms with Gasteiger partial charge < -0.3 is 0 Å². The zero-order valence-electron chi connectivity index (χ0n) is 31.4. The van der Waals surface area contributed by atoms with E-state index in [1.165, 1.54) is 113 Å². The molecule has 2 aliphatic rings. The lowest BCUT2D eigenvalue weighted by molar-refractivity contribution is 0.657. The van der Waals surface area contributed by atoms with Gasteiger partial charge >= 0.3 is 0 Å². The van der Waals surface area contributed by atoms with Crippen LogP contribution in [0.3, 0.4) is 0 Å². The first-order chi connectivity index (χ1) is 27.5. The van der Waals surface area contributed by atoms with Crippen molar-refractivity contribution in [2.24, 2.45) is 0 Å². The average Bonchev–Trinajstić information content (AvgIpc) is 3.75. The third-order valence-electron chi connectivity index (χ3n) is 12.9. The first-order valence-electron chi connectivity index (χ1n) is 19.9. The number of thiophene rings is 1. The summed E-state index contributed by atoms with van der Waals surface area (Å²) in [6, 6.07) is 61.2. The van der Waals surface area contributed by atoms with Crippen molar-refractivity contribution in [1.29, 1.82) is 0 Å². The second kappa shape index (κ2) is 11.9. The summed E-state index contributed by atoms with van der Waals surface area (Å²) in [5.74, 6) is 0.279. The van der Waals surface area contributed by atoms with Crippen molar-refractivity contribution in [1.82, 2.24) is 0 Å². The minimum Gasteiger partial charge on any atom is -0.135 e. The molecule has 1 heterocycles. The third kappa shape index (κ3) is 4.47. The first kappa shape index (κ1) is 32.0. The van der Waals surface area contributed by atoms with Crippen molar-refractivity contribution in [3.63, 3.8) is 0 Å². The lowest BCUT2D eigenvalue weighted by atomic mass is 9.77. The van der Waals surface area contributed by atoms with Crippen LogP contribution in [0, 0.1) is 0 Å². The Morgan fingerprint density at radius 1 is 0.500 bits per heavy atom. The fourth-order valence-corrected chi connectivity index (χ4v) is 11.9. The Bertz CT molecular complexity index is 3310. The number of rotatable bonds is 3. The van der Waals surface area contributed by atoms with Gasteiger partial charge in [-0.2, -0.15) is 0 Å². The summed E-state index contributed by atoms with van der Waals surface area (Å²) in [5, 5.41) is 13.2. The van der Waals surface area contributed by atoms with E-state index in [0.717, 1.165) is 6.42 Å². The summed E-state index contributed by atoms with van der Waals surface area (Å²) >= 11 is 1.97. The summed E-state index contributed by atoms with van der Waals surface area (Å²) in [6.07, 6.45) is 6.19. The number of fused-ring (bicyclic) bond motifs is 13. The molecule has 10 aromatic rings. The first-order valence-corrected chi connectivity index (χ1v) is 20.7. The quantitative estimate of drug-likeness (QED) is 0.159. The summed E-state index contributed by atoms with van der Waals surface area (Å²) in [4.78, 5) is 0. The van der Waals surface area contributed by atoms with Crippen LogP contribution in [0.5, 0.6) is 0 Å². The molecule has 0 nitrogen and oxygen atoms in total. The zero-order chi connectivity index (χ0) is 37.1. The van der Waals surface area contributed by atoms with E-state index in [2.05, 4.69) is 190 Å². The molecule has 0 fully saturated rings. The van der Waals surface area contributed by atoms with Gasteiger partial charge in [-0.3, -0.25) is 0 Å². The zero-order valence-corrected chi connectivity index (χ0v) is 32.3. The summed E-state index contributed by atoms with van der Waals surface area (Å²) in [7, 11) is 0. The fraction of sp³-hybridized carbons (Fsp3) is 0.0909. The normalized spacial score (nSPS) is 16.1. The van der Waals surface area contributed by atoms with Crippen molar-refractivity contribution < 1.29 is 0 Å². The molecule has 1 atom stereocenters. The maximum atomic E-state index is 2.62. The predicted octanol–water partition coefficient (Wildman–Crippen LogP) is 15.8. The van der Waals surface area contributed by atoms with Gasteiger partial charge in [0.2, 0.25) is 0 Å². The molecule has 56 heavy (non-hydrogen) atoms. The van der Waals surface area contributed by atoms with E-state index in [0.29, 0.717) is 0 Å². The average molecular weight is 731 g/mol. The molecule has 12 rings (SSSR count). The largest absolute Gasteiger partial charge is 0.135 e. The van der Waals surface area contributed by atoms with E-state index >= 15 is 0 Å². The Labute approximate surface area is 330 Å². The van der Waals surface area contributed by atoms with Crippen LogP contribution in [0.2, 0.25) is 0 Å². The Hall–Kier alpha value is -6.28. The van der Waals surface area contributed by atoms with E-state index < -0.39 is 0 Å². The predicted molar refractivity (Wildman–Crippen MR) is 243 cm³/mol. The van der Waals surface area contributed by atoms with Crippen LogP contribution in [0.25, 0.3) is 91.1 Å². The molecule has 0 saturated carbocycles. The summed E-state index contributed by atoms with van der Waals surface area (Å²) in [5.41, 5.74) is 12.3. The molecule has 0 saturated heterocycles. The number of allylic oxidation sites excluding steroid dienone is 4. The Morgan fingerprint density at radius 3 is 1.77 bits per heavy atom. The third-order valence-corrected chi connectivity index (χ3v) is 14.1. The number of hydrogen-bond acceptors (Lipinski definition) is 1. The molecule has 0 aliphatic heterocycles. The molecular weight excluding hydrogens is 693 g/mol. The lowest BCUT2D eigenvalue weighted by Crippen LogP contribution is -2.17. The van der Waals surface area contributed by atoms with Gasteiger partial charge in [-0.25, -0.2) is 0 Å². The lowest BCUT2D eigenvalue weighted by Gasteiger charge is -2.26. The van der Waals surface area contributed by atoms with Crippen LogP contribution in [-0.4, -0.2) is 0 Å². The second-order valence-electron chi connectivity index (χ2n) is 16.3. The Balaban J connectivity index is 1.04. The molecule has 264 valence electrons. The smallest absolute Gasteiger partial charge is 0.0408 e. The molecule has 0 radical (unpaired) electrons. The van der Waals surface area contributed by atoms with Crippen LogP contribution in [0.15, 0.2) is 182 Å². The highest BCUT2D eigenvalue weighted by Gasteiger charge is 2.43. The van der Waals surface area contributed by atoms with Gasteiger partial charge in [0, 0.05) is 31.5 Å². The van der Waals surface area contributed by atoms with Crippen LogP contribution in [0.4, 0.5) is 0 Å². The molecule has 2 aliphatic carbocycles. The molecule has 9 aromatic carbocycles. The highest BCUT2D eigenvalue weighted by atomic mass is 32.1. The van der Waals surface area contributed by atoms with E-state index in [9.17, 15) is 0 Å². The van der Waals surface area contributed by atoms with Crippen molar-refractivity contribution in [3.05, 3.63) is 198 Å². The maximum Gasteiger partial charge on any atom is 0.0408 e. The summed E-state index contributed by atoms with van der Waals surface area (Å²) in [6.45, 7) is 4.91. The maximum absolute atomic E-state index is 2.62. The van der Waals surface area contributed by atoms with Gasteiger partial charge in [-0.05, 0) is 112 Å². The van der Waals surface area contributed by atoms with Crippen molar-refractivity contribution in [3.8, 4) is 22.3 Å². The number of benzene rings is 9. The van der Waals surface area contributed by atoms with Gasteiger partial charge in [-0.1, -0.05) is 178 Å². The number of hydrogen-bond donors (Lipinski definition) is 0. The molecule has 0 spiro atoms. The van der Waals surface area contributed by atoms with Gasteiger partial charge in [0.15, 0.2) is 0 Å². The van der Waals surface area contributed by atoms with Crippen LogP contribution in [-0.2, 0) is 5.41 Å². The molecule has 0 amide bonds. The molecule has 1 aromatic heterocycles. The SMILES string of the molecule is CC1(C)C2=CCC(c3cccc(-c4c5ccccc5c(-c5ccc6ccccc6c5)c5ccccc45)c3)C=C2c2c1c1sc3ccccc3c1c1ccccc21. The Kier molecular flexibility index (Phi) is 6.78. The second-order valence-corrected chi connectivity index (χ2v) is 17.3. The van der Waals surface area contributed by atoms with Crippen LogP contribution >= 0.6 is 11.3 Å². The Morgan fingerprint density at radius 2 is 1.07 bits per heavy atom. The molecule has 1 heteroatoms. The minimum atomic E-state index is -0.0816. The minimum absolute atomic E-state index is 0.0816. The topological polar surface area (TPSA) is 0 Å². The van der Waals surface area contributed by atoms with Crippen molar-refractivity contribution in [2.45, 2.75) is 31.6 Å². The highest BCUT2D eigenvalue weighted by molar-refractivity contribution is 7.26. The van der Waals surface area contributed by atoms with E-state index in [-0.39, 0.29) is 11.3 Å². The van der Waals surface area contributed by atoms with Crippen LogP contribution < -0.4 is 0 Å². The van der Waals surface area contributed by atoms with Gasteiger partial charge in [0.25, 0.3) is 0 Å².